The molecule has 0 amide bonds. The standard InChI is InChI=1S/C22H18F2N4/c23-15-4-3-12(6-13(15)8-25)21-19-11-2-1-10(5-11)18(19)20-14-9-26-28-17(14)7-16(24)22(20)27-21/h3-4,6-7,9-11,18-19,21,27H,1-2,5H2,(H,26,28)/t10?,11?,18-,19+,21-/m0/s1. The maximum atomic E-state index is 15.1. The van der Waals surface area contributed by atoms with Gasteiger partial charge in [0.2, 0.25) is 0 Å². The van der Waals surface area contributed by atoms with Crippen LogP contribution in [0.2, 0.25) is 0 Å². The lowest BCUT2D eigenvalue weighted by Gasteiger charge is -2.43. The number of nitrogens with zero attached hydrogens (tertiary/aromatic N) is 2. The summed E-state index contributed by atoms with van der Waals surface area (Å²) in [5.74, 6) is 0.851. The molecule has 0 spiro atoms. The Balaban J connectivity index is 1.57. The molecule has 2 aromatic carbocycles. The van der Waals surface area contributed by atoms with E-state index >= 15 is 4.39 Å². The van der Waals surface area contributed by atoms with Crippen molar-refractivity contribution in [1.82, 2.24) is 10.2 Å². The highest BCUT2D eigenvalue weighted by Gasteiger charge is 2.54. The van der Waals surface area contributed by atoms with Gasteiger partial charge in [-0.1, -0.05) is 6.07 Å². The Labute approximate surface area is 160 Å². The number of nitrogens with one attached hydrogen (secondary N) is 2. The third kappa shape index (κ3) is 1.99. The minimum absolute atomic E-state index is 0.0376. The summed E-state index contributed by atoms with van der Waals surface area (Å²) < 4.78 is 28.9. The van der Waals surface area contributed by atoms with Gasteiger partial charge in [0.05, 0.1) is 29.0 Å². The van der Waals surface area contributed by atoms with E-state index < -0.39 is 5.82 Å². The summed E-state index contributed by atoms with van der Waals surface area (Å²) in [6.07, 6.45) is 5.29. The number of nitriles is 1. The first-order chi connectivity index (χ1) is 13.7. The zero-order chi connectivity index (χ0) is 19.0. The quantitative estimate of drug-likeness (QED) is 0.627. The van der Waals surface area contributed by atoms with Crippen LogP contribution in [0.15, 0.2) is 30.5 Å². The van der Waals surface area contributed by atoms with E-state index in [4.69, 9.17) is 0 Å². The van der Waals surface area contributed by atoms with Gasteiger partial charge >= 0.3 is 0 Å². The molecule has 28 heavy (non-hydrogen) atoms. The van der Waals surface area contributed by atoms with Gasteiger partial charge in [-0.3, -0.25) is 5.10 Å². The van der Waals surface area contributed by atoms with E-state index in [1.165, 1.54) is 25.0 Å². The molecule has 0 saturated heterocycles. The molecule has 5 atom stereocenters. The molecule has 140 valence electrons. The maximum Gasteiger partial charge on any atom is 0.148 e. The van der Waals surface area contributed by atoms with Crippen molar-refractivity contribution in [2.45, 2.75) is 31.2 Å². The van der Waals surface area contributed by atoms with Crippen LogP contribution in [0.25, 0.3) is 10.9 Å². The Morgan fingerprint density at radius 2 is 1.96 bits per heavy atom. The number of hydrogen-bond donors (Lipinski definition) is 2. The highest BCUT2D eigenvalue weighted by atomic mass is 19.1. The molecule has 2 aliphatic carbocycles. The van der Waals surface area contributed by atoms with Crippen molar-refractivity contribution < 1.29 is 8.78 Å². The molecule has 0 radical (unpaired) electrons. The fraction of sp³-hybridized carbons (Fsp3) is 0.364. The van der Waals surface area contributed by atoms with Crippen LogP contribution >= 0.6 is 0 Å². The van der Waals surface area contributed by atoms with Gasteiger partial charge in [0.15, 0.2) is 0 Å². The summed E-state index contributed by atoms with van der Waals surface area (Å²) in [4.78, 5) is 0. The van der Waals surface area contributed by atoms with Gasteiger partial charge < -0.3 is 5.32 Å². The number of rotatable bonds is 1. The molecule has 1 aliphatic heterocycles. The molecule has 2 N–H and O–H groups in total. The second-order valence-corrected chi connectivity index (χ2v) is 8.39. The summed E-state index contributed by atoms with van der Waals surface area (Å²) in [7, 11) is 0. The summed E-state index contributed by atoms with van der Waals surface area (Å²) in [5.41, 5.74) is 3.20. The number of halogens is 2. The summed E-state index contributed by atoms with van der Waals surface area (Å²) in [6.45, 7) is 0. The zero-order valence-electron chi connectivity index (χ0n) is 15.0. The number of anilines is 1. The van der Waals surface area contributed by atoms with Crippen LogP contribution in [0.3, 0.4) is 0 Å². The van der Waals surface area contributed by atoms with Crippen LogP contribution in [0.4, 0.5) is 14.5 Å². The average molecular weight is 376 g/mol. The third-order valence-corrected chi connectivity index (χ3v) is 7.21. The molecule has 3 aliphatic rings. The molecule has 2 fully saturated rings. The fourth-order valence-electron chi connectivity index (χ4n) is 6.20. The number of hydrogen-bond acceptors (Lipinski definition) is 3. The van der Waals surface area contributed by atoms with Crippen LogP contribution in [0.5, 0.6) is 0 Å². The van der Waals surface area contributed by atoms with Gasteiger partial charge in [-0.05, 0) is 66.2 Å². The summed E-state index contributed by atoms with van der Waals surface area (Å²) >= 11 is 0. The highest BCUT2D eigenvalue weighted by Crippen LogP contribution is 2.64. The van der Waals surface area contributed by atoms with Crippen molar-refractivity contribution in [1.29, 1.82) is 5.26 Å². The minimum atomic E-state index is -0.516. The smallest absolute Gasteiger partial charge is 0.148 e. The number of aromatic nitrogens is 2. The van der Waals surface area contributed by atoms with Crippen molar-refractivity contribution in [3.05, 3.63) is 58.8 Å². The molecule has 2 saturated carbocycles. The fourth-order valence-corrected chi connectivity index (χ4v) is 6.20. The number of H-pyrrole nitrogens is 1. The summed E-state index contributed by atoms with van der Waals surface area (Å²) in [5, 5.41) is 20.7. The van der Waals surface area contributed by atoms with Gasteiger partial charge in [-0.15, -0.1) is 0 Å². The lowest BCUT2D eigenvalue weighted by atomic mass is 9.67. The Morgan fingerprint density at radius 3 is 2.82 bits per heavy atom. The molecule has 2 bridgehead atoms. The molecule has 6 rings (SSSR count). The molecular formula is C22H18F2N4. The van der Waals surface area contributed by atoms with Crippen molar-refractivity contribution >= 4 is 16.6 Å². The second kappa shape index (κ2) is 5.54. The Kier molecular flexibility index (Phi) is 3.18. The number of benzene rings is 2. The van der Waals surface area contributed by atoms with Crippen molar-refractivity contribution in [3.63, 3.8) is 0 Å². The van der Waals surface area contributed by atoms with Crippen molar-refractivity contribution in [2.24, 2.45) is 17.8 Å². The third-order valence-electron chi connectivity index (χ3n) is 7.21. The first-order valence-corrected chi connectivity index (χ1v) is 9.77. The maximum absolute atomic E-state index is 15.1. The highest BCUT2D eigenvalue weighted by molar-refractivity contribution is 5.89. The molecule has 3 aromatic rings. The number of aromatic amines is 1. The van der Waals surface area contributed by atoms with Crippen LogP contribution in [0.1, 0.15) is 47.9 Å². The Hall–Kier alpha value is -2.94. The van der Waals surface area contributed by atoms with E-state index in [0.717, 1.165) is 28.5 Å². The van der Waals surface area contributed by atoms with Gasteiger partial charge in [0.25, 0.3) is 0 Å². The molecule has 6 heteroatoms. The molecule has 4 nitrogen and oxygen atoms in total. The van der Waals surface area contributed by atoms with E-state index in [0.29, 0.717) is 23.4 Å². The number of fused-ring (bicyclic) bond motifs is 9. The monoisotopic (exact) mass is 376 g/mol. The minimum Gasteiger partial charge on any atom is -0.375 e. The van der Waals surface area contributed by atoms with E-state index in [2.05, 4.69) is 15.5 Å². The summed E-state index contributed by atoms with van der Waals surface area (Å²) in [6, 6.07) is 8.00. The Bertz CT molecular complexity index is 1160. The van der Waals surface area contributed by atoms with Crippen molar-refractivity contribution in [2.75, 3.05) is 5.32 Å². The van der Waals surface area contributed by atoms with Crippen LogP contribution < -0.4 is 5.32 Å². The SMILES string of the molecule is N#Cc1cc([C@@H]2Nc3c(F)cc4[nH]ncc4c3[C@H]3C4CCC(C4)[C@@H]23)ccc1F. The van der Waals surface area contributed by atoms with E-state index in [1.54, 1.807) is 18.3 Å². The Morgan fingerprint density at radius 1 is 1.11 bits per heavy atom. The molecule has 2 unspecified atom stereocenters. The zero-order valence-corrected chi connectivity index (χ0v) is 15.0. The van der Waals surface area contributed by atoms with Gasteiger partial charge in [-0.2, -0.15) is 10.4 Å². The topological polar surface area (TPSA) is 64.5 Å². The first kappa shape index (κ1) is 16.1. The molecule has 2 heterocycles. The van der Waals surface area contributed by atoms with Gasteiger partial charge in [-0.25, -0.2) is 8.78 Å². The van der Waals surface area contributed by atoms with Crippen molar-refractivity contribution in [3.8, 4) is 6.07 Å². The lowest BCUT2D eigenvalue weighted by Crippen LogP contribution is -2.36. The normalized spacial score (nSPS) is 30.0. The predicted octanol–water partition coefficient (Wildman–Crippen LogP) is 5.01. The van der Waals surface area contributed by atoms with Gasteiger partial charge in [0.1, 0.15) is 17.7 Å². The second-order valence-electron chi connectivity index (χ2n) is 8.39. The van der Waals surface area contributed by atoms with Crippen LogP contribution in [-0.2, 0) is 0 Å². The lowest BCUT2D eigenvalue weighted by molar-refractivity contribution is 0.247. The predicted molar refractivity (Wildman–Crippen MR) is 101 cm³/mol. The molecular weight excluding hydrogens is 358 g/mol. The molecule has 1 aromatic heterocycles. The van der Waals surface area contributed by atoms with Crippen LogP contribution in [-0.4, -0.2) is 10.2 Å². The first-order valence-electron chi connectivity index (χ1n) is 9.77. The van der Waals surface area contributed by atoms with E-state index in [-0.39, 0.29) is 23.3 Å². The van der Waals surface area contributed by atoms with Gasteiger partial charge in [0, 0.05) is 11.5 Å². The van der Waals surface area contributed by atoms with E-state index in [9.17, 15) is 9.65 Å². The average Bonchev–Trinajstić information content (AvgIpc) is 3.44. The van der Waals surface area contributed by atoms with E-state index in [1.807, 2.05) is 6.07 Å². The largest absolute Gasteiger partial charge is 0.375 e. The van der Waals surface area contributed by atoms with Crippen LogP contribution in [0, 0.1) is 40.7 Å².